The van der Waals surface area contributed by atoms with Crippen LogP contribution in [0.5, 0.6) is 0 Å². The maximum absolute atomic E-state index is 13.2. The molecule has 0 saturated heterocycles. The van der Waals surface area contributed by atoms with Crippen LogP contribution >= 0.6 is 11.6 Å². The monoisotopic (exact) mass is 419 g/mol. The molecule has 2 heterocycles. The molecule has 0 fully saturated rings. The van der Waals surface area contributed by atoms with Gasteiger partial charge in [0, 0.05) is 10.9 Å². The van der Waals surface area contributed by atoms with Gasteiger partial charge in [-0.3, -0.25) is 0 Å². The smallest absolute Gasteiger partial charge is 0.236 e. The molecular weight excluding hydrogens is 406 g/mol. The molecule has 2 aromatic heterocycles. The third-order valence-corrected chi connectivity index (χ3v) is 6.94. The van der Waals surface area contributed by atoms with Crippen LogP contribution in [0.1, 0.15) is 0 Å². The number of hydrogen-bond donors (Lipinski definition) is 0. The van der Waals surface area contributed by atoms with Crippen LogP contribution in [0.15, 0.2) is 90.1 Å². The molecule has 3 aromatic carbocycles. The lowest BCUT2D eigenvalue weighted by atomic mass is 10.0. The Balaban J connectivity index is 1.81. The van der Waals surface area contributed by atoms with E-state index < -0.39 is 10.0 Å². The van der Waals surface area contributed by atoms with Crippen LogP contribution in [-0.4, -0.2) is 22.4 Å². The predicted octanol–water partition coefficient (Wildman–Crippen LogP) is 5.14. The van der Waals surface area contributed by atoms with E-state index in [9.17, 15) is 8.42 Å². The second-order valence-corrected chi connectivity index (χ2v) is 8.71. The average molecular weight is 420 g/mol. The summed E-state index contributed by atoms with van der Waals surface area (Å²) < 4.78 is 27.5. The molecule has 0 atom stereocenters. The lowest BCUT2D eigenvalue weighted by Crippen LogP contribution is -2.13. The Hall–Kier alpha value is -3.22. The summed E-state index contributed by atoms with van der Waals surface area (Å²) in [5.74, 6) is 0. The van der Waals surface area contributed by atoms with Crippen molar-refractivity contribution in [2.24, 2.45) is 0 Å². The van der Waals surface area contributed by atoms with Crippen LogP contribution in [0.25, 0.3) is 33.1 Å². The first-order valence-corrected chi connectivity index (χ1v) is 10.7. The summed E-state index contributed by atoms with van der Waals surface area (Å²) >= 11 is 6.40. The molecule has 142 valence electrons. The van der Waals surface area contributed by atoms with E-state index in [1.54, 1.807) is 24.3 Å². The van der Waals surface area contributed by atoms with Crippen molar-refractivity contribution < 1.29 is 8.42 Å². The van der Waals surface area contributed by atoms with Gasteiger partial charge in [-0.1, -0.05) is 72.3 Å². The van der Waals surface area contributed by atoms with E-state index in [0.717, 1.165) is 20.3 Å². The van der Waals surface area contributed by atoms with Gasteiger partial charge in [-0.2, -0.15) is 0 Å². The molecule has 0 aliphatic carbocycles. The molecule has 5 rings (SSSR count). The highest BCUT2D eigenvalue weighted by molar-refractivity contribution is 7.90. The second-order valence-electron chi connectivity index (χ2n) is 6.54. The maximum Gasteiger partial charge on any atom is 0.270 e. The molecule has 5 aromatic rings. The Morgan fingerprint density at radius 3 is 2.34 bits per heavy atom. The first-order valence-electron chi connectivity index (χ1n) is 8.88. The quantitative estimate of drug-likeness (QED) is 0.406. The number of benzene rings is 3. The Morgan fingerprint density at radius 1 is 0.793 bits per heavy atom. The van der Waals surface area contributed by atoms with Gasteiger partial charge in [0.2, 0.25) is 0 Å². The average Bonchev–Trinajstić information content (AvgIpc) is 3.10. The lowest BCUT2D eigenvalue weighted by Gasteiger charge is -2.09. The molecule has 0 amide bonds. The topological polar surface area (TPSA) is 64.8 Å². The van der Waals surface area contributed by atoms with Crippen LogP contribution in [0.4, 0.5) is 0 Å². The highest BCUT2D eigenvalue weighted by Crippen LogP contribution is 2.35. The van der Waals surface area contributed by atoms with Gasteiger partial charge in [0.25, 0.3) is 10.0 Å². The predicted molar refractivity (Wildman–Crippen MR) is 115 cm³/mol. The zero-order valence-electron chi connectivity index (χ0n) is 15.0. The third kappa shape index (κ3) is 2.80. The summed E-state index contributed by atoms with van der Waals surface area (Å²) in [7, 11) is -3.90. The summed E-state index contributed by atoms with van der Waals surface area (Å²) in [6, 6.07) is 23.7. The Labute approximate surface area is 172 Å². The standard InChI is InChI=1S/C22H14ClN3O2S/c23-20-13-19-21(18-12-6-8-15-7-4-5-11-17(15)18)24-14-25-22(19)26(20)29(27,28)16-9-2-1-3-10-16/h1-14H. The zero-order chi connectivity index (χ0) is 20.0. The van der Waals surface area contributed by atoms with Gasteiger partial charge in [0.1, 0.15) is 11.5 Å². The summed E-state index contributed by atoms with van der Waals surface area (Å²) in [5, 5.41) is 2.73. The van der Waals surface area contributed by atoms with Crippen molar-refractivity contribution in [3.8, 4) is 11.3 Å². The summed E-state index contributed by atoms with van der Waals surface area (Å²) in [6.07, 6.45) is 1.37. The molecule has 0 N–H and O–H groups in total. The van der Waals surface area contributed by atoms with Gasteiger partial charge in [-0.25, -0.2) is 22.4 Å². The molecular formula is C22H14ClN3O2S. The molecule has 0 spiro atoms. The highest BCUT2D eigenvalue weighted by Gasteiger charge is 2.25. The van der Waals surface area contributed by atoms with Crippen molar-refractivity contribution in [3.63, 3.8) is 0 Å². The van der Waals surface area contributed by atoms with E-state index in [1.165, 1.54) is 18.5 Å². The Kier molecular flexibility index (Phi) is 4.12. The molecule has 0 bridgehead atoms. The van der Waals surface area contributed by atoms with Crippen LogP contribution in [0, 0.1) is 0 Å². The van der Waals surface area contributed by atoms with Gasteiger partial charge < -0.3 is 0 Å². The second kappa shape index (κ2) is 6.69. The normalized spacial score (nSPS) is 11.9. The number of aromatic nitrogens is 3. The SMILES string of the molecule is O=S(=O)(c1ccccc1)n1c(Cl)cc2c(-c3cccc4ccccc34)ncnc21. The van der Waals surface area contributed by atoms with Crippen LogP contribution < -0.4 is 0 Å². The van der Waals surface area contributed by atoms with Crippen molar-refractivity contribution >= 4 is 43.4 Å². The van der Waals surface area contributed by atoms with Crippen molar-refractivity contribution in [2.45, 2.75) is 4.90 Å². The Morgan fingerprint density at radius 2 is 1.52 bits per heavy atom. The van der Waals surface area contributed by atoms with Gasteiger partial charge in [-0.15, -0.1) is 0 Å². The van der Waals surface area contributed by atoms with Crippen molar-refractivity contribution in [1.29, 1.82) is 0 Å². The number of hydrogen-bond acceptors (Lipinski definition) is 4. The molecule has 0 radical (unpaired) electrons. The van der Waals surface area contributed by atoms with E-state index in [2.05, 4.69) is 9.97 Å². The maximum atomic E-state index is 13.2. The fourth-order valence-corrected chi connectivity index (χ4v) is 5.36. The number of nitrogens with zero attached hydrogens (tertiary/aromatic N) is 3. The van der Waals surface area contributed by atoms with E-state index >= 15 is 0 Å². The largest absolute Gasteiger partial charge is 0.270 e. The number of fused-ring (bicyclic) bond motifs is 2. The van der Waals surface area contributed by atoms with Crippen molar-refractivity contribution in [3.05, 3.63) is 90.3 Å². The van der Waals surface area contributed by atoms with E-state index in [-0.39, 0.29) is 15.7 Å². The molecule has 0 aliphatic rings. The third-order valence-electron chi connectivity index (χ3n) is 4.84. The lowest BCUT2D eigenvalue weighted by molar-refractivity contribution is 0.589. The molecule has 0 unspecified atom stereocenters. The fourth-order valence-electron chi connectivity index (χ4n) is 3.53. The van der Waals surface area contributed by atoms with Gasteiger partial charge >= 0.3 is 0 Å². The van der Waals surface area contributed by atoms with Gasteiger partial charge in [-0.05, 0) is 29.0 Å². The minimum atomic E-state index is -3.90. The van der Waals surface area contributed by atoms with Crippen LogP contribution in [-0.2, 0) is 10.0 Å². The van der Waals surface area contributed by atoms with E-state index in [1.807, 2.05) is 42.5 Å². The highest BCUT2D eigenvalue weighted by atomic mass is 35.5. The zero-order valence-corrected chi connectivity index (χ0v) is 16.6. The summed E-state index contributed by atoms with van der Waals surface area (Å²) in [5.41, 5.74) is 1.77. The molecule has 5 nitrogen and oxygen atoms in total. The van der Waals surface area contributed by atoms with E-state index in [4.69, 9.17) is 11.6 Å². The van der Waals surface area contributed by atoms with Crippen LogP contribution in [0.3, 0.4) is 0 Å². The van der Waals surface area contributed by atoms with Crippen LogP contribution in [0.2, 0.25) is 5.15 Å². The molecule has 7 heteroatoms. The molecule has 0 aliphatic heterocycles. The van der Waals surface area contributed by atoms with Gasteiger partial charge in [0.15, 0.2) is 5.65 Å². The first kappa shape index (κ1) is 17.8. The fraction of sp³-hybridized carbons (Fsp3) is 0. The van der Waals surface area contributed by atoms with E-state index in [0.29, 0.717) is 11.1 Å². The molecule has 29 heavy (non-hydrogen) atoms. The van der Waals surface area contributed by atoms with Crippen molar-refractivity contribution in [1.82, 2.24) is 13.9 Å². The number of halogens is 1. The first-order chi connectivity index (χ1) is 14.1. The minimum Gasteiger partial charge on any atom is -0.236 e. The Bertz CT molecular complexity index is 1470. The van der Waals surface area contributed by atoms with Crippen molar-refractivity contribution in [2.75, 3.05) is 0 Å². The molecule has 0 saturated carbocycles. The van der Waals surface area contributed by atoms with Gasteiger partial charge in [0.05, 0.1) is 10.6 Å². The summed E-state index contributed by atoms with van der Waals surface area (Å²) in [4.78, 5) is 8.85. The summed E-state index contributed by atoms with van der Waals surface area (Å²) in [6.45, 7) is 0. The minimum absolute atomic E-state index is 0.0610. The number of rotatable bonds is 3.